The molecule has 1 saturated heterocycles. The molecular weight excluding hydrogens is 384 g/mol. The molecule has 3 rings (SSSR count). The van der Waals surface area contributed by atoms with E-state index < -0.39 is 29.6 Å². The van der Waals surface area contributed by atoms with Gasteiger partial charge < -0.3 is 15.2 Å². The standard InChI is InChI=1S/C23H26N2O5/c1-23(21(27)28,15-17-9-4-2-5-10-17)24-20(26)19-13-8-14-25(19)22(29)30-16-18-11-6-3-7-12-18/h2-7,9-12,19H,8,13-16H2,1H3,(H,24,26)(H,27,28)/t19-,23+/m0/s1. The second kappa shape index (κ2) is 9.43. The first-order valence-corrected chi connectivity index (χ1v) is 9.96. The summed E-state index contributed by atoms with van der Waals surface area (Å²) in [6.07, 6.45) is 0.686. The summed E-state index contributed by atoms with van der Waals surface area (Å²) in [6, 6.07) is 17.7. The van der Waals surface area contributed by atoms with Gasteiger partial charge in [-0.1, -0.05) is 60.7 Å². The van der Waals surface area contributed by atoms with E-state index in [1.807, 2.05) is 60.7 Å². The van der Waals surface area contributed by atoms with Crippen molar-refractivity contribution in [1.29, 1.82) is 0 Å². The quantitative estimate of drug-likeness (QED) is 0.732. The Morgan fingerprint density at radius 1 is 1.07 bits per heavy atom. The number of aliphatic carboxylic acids is 1. The number of nitrogens with one attached hydrogen (secondary N) is 1. The fourth-order valence-electron chi connectivity index (χ4n) is 3.59. The molecule has 30 heavy (non-hydrogen) atoms. The van der Waals surface area contributed by atoms with Crippen molar-refractivity contribution < 1.29 is 24.2 Å². The number of rotatable bonds is 7. The monoisotopic (exact) mass is 410 g/mol. The fraction of sp³-hybridized carbons (Fsp3) is 0.348. The van der Waals surface area contributed by atoms with Crippen LogP contribution in [0, 0.1) is 0 Å². The van der Waals surface area contributed by atoms with Gasteiger partial charge in [0.05, 0.1) is 0 Å². The van der Waals surface area contributed by atoms with E-state index in [-0.39, 0.29) is 13.0 Å². The zero-order valence-corrected chi connectivity index (χ0v) is 16.9. The highest BCUT2D eigenvalue weighted by molar-refractivity contribution is 5.91. The van der Waals surface area contributed by atoms with E-state index in [0.29, 0.717) is 19.4 Å². The molecule has 7 nitrogen and oxygen atoms in total. The first-order chi connectivity index (χ1) is 14.4. The molecule has 2 amide bonds. The minimum atomic E-state index is -1.49. The van der Waals surface area contributed by atoms with Gasteiger partial charge >= 0.3 is 12.1 Å². The van der Waals surface area contributed by atoms with Crippen LogP contribution in [-0.4, -0.2) is 46.1 Å². The van der Waals surface area contributed by atoms with Crippen LogP contribution in [0.2, 0.25) is 0 Å². The van der Waals surface area contributed by atoms with Gasteiger partial charge in [-0.15, -0.1) is 0 Å². The molecule has 1 heterocycles. The molecule has 0 aliphatic carbocycles. The van der Waals surface area contributed by atoms with Crippen LogP contribution in [0.1, 0.15) is 30.9 Å². The average molecular weight is 410 g/mol. The number of nitrogens with zero attached hydrogens (tertiary/aromatic N) is 1. The topological polar surface area (TPSA) is 95.9 Å². The lowest BCUT2D eigenvalue weighted by atomic mass is 9.92. The molecule has 1 aliphatic heterocycles. The minimum Gasteiger partial charge on any atom is -0.480 e. The lowest BCUT2D eigenvalue weighted by Crippen LogP contribution is -2.58. The van der Waals surface area contributed by atoms with Crippen molar-refractivity contribution in [3.05, 3.63) is 71.8 Å². The van der Waals surface area contributed by atoms with Crippen LogP contribution in [0.4, 0.5) is 4.79 Å². The highest BCUT2D eigenvalue weighted by Crippen LogP contribution is 2.21. The Kier molecular flexibility index (Phi) is 6.72. The summed E-state index contributed by atoms with van der Waals surface area (Å²) in [7, 11) is 0. The van der Waals surface area contributed by atoms with E-state index in [4.69, 9.17) is 4.74 Å². The Morgan fingerprint density at radius 3 is 2.27 bits per heavy atom. The maximum atomic E-state index is 12.9. The summed E-state index contributed by atoms with van der Waals surface area (Å²) in [6.45, 7) is 1.99. The summed E-state index contributed by atoms with van der Waals surface area (Å²) < 4.78 is 5.36. The van der Waals surface area contributed by atoms with E-state index in [0.717, 1.165) is 11.1 Å². The molecule has 158 valence electrons. The number of amides is 2. The summed E-state index contributed by atoms with van der Waals surface area (Å²) in [5.41, 5.74) is 0.168. The van der Waals surface area contributed by atoms with Crippen molar-refractivity contribution in [2.24, 2.45) is 0 Å². The molecule has 0 unspecified atom stereocenters. The highest BCUT2D eigenvalue weighted by Gasteiger charge is 2.41. The second-order valence-electron chi connectivity index (χ2n) is 7.68. The first kappa shape index (κ1) is 21.4. The Bertz CT molecular complexity index is 887. The predicted octanol–water partition coefficient (Wildman–Crippen LogP) is 2.99. The Labute approximate surface area is 175 Å². The molecule has 0 spiro atoms. The third-order valence-corrected chi connectivity index (χ3v) is 5.27. The summed E-state index contributed by atoms with van der Waals surface area (Å²) in [5, 5.41) is 12.4. The zero-order valence-electron chi connectivity index (χ0n) is 16.9. The number of likely N-dealkylation sites (tertiary alicyclic amines) is 1. The number of ether oxygens (including phenoxy) is 1. The van der Waals surface area contributed by atoms with Crippen LogP contribution in [0.3, 0.4) is 0 Å². The van der Waals surface area contributed by atoms with E-state index in [1.54, 1.807) is 0 Å². The van der Waals surface area contributed by atoms with Crippen molar-refractivity contribution in [1.82, 2.24) is 10.2 Å². The molecule has 2 aromatic rings. The largest absolute Gasteiger partial charge is 0.480 e. The molecule has 0 bridgehead atoms. The minimum absolute atomic E-state index is 0.116. The Hall–Kier alpha value is -3.35. The molecule has 2 aromatic carbocycles. The van der Waals surface area contributed by atoms with Crippen LogP contribution >= 0.6 is 0 Å². The first-order valence-electron chi connectivity index (χ1n) is 9.96. The van der Waals surface area contributed by atoms with E-state index in [2.05, 4.69) is 5.32 Å². The lowest BCUT2D eigenvalue weighted by Gasteiger charge is -2.30. The second-order valence-corrected chi connectivity index (χ2v) is 7.68. The van der Waals surface area contributed by atoms with Gasteiger partial charge in [0.15, 0.2) is 0 Å². The molecule has 0 radical (unpaired) electrons. The Morgan fingerprint density at radius 2 is 1.67 bits per heavy atom. The normalized spacial score (nSPS) is 17.8. The zero-order chi connectivity index (χ0) is 21.6. The van der Waals surface area contributed by atoms with E-state index >= 15 is 0 Å². The van der Waals surface area contributed by atoms with Crippen molar-refractivity contribution in [2.75, 3.05) is 6.54 Å². The van der Waals surface area contributed by atoms with Crippen LogP contribution in [-0.2, 0) is 27.4 Å². The van der Waals surface area contributed by atoms with Gasteiger partial charge in [-0.05, 0) is 30.9 Å². The van der Waals surface area contributed by atoms with Crippen molar-refractivity contribution in [2.45, 2.75) is 44.4 Å². The molecule has 2 atom stereocenters. The van der Waals surface area contributed by atoms with Gasteiger partial charge in [0.1, 0.15) is 18.2 Å². The fourth-order valence-corrected chi connectivity index (χ4v) is 3.59. The molecule has 0 aromatic heterocycles. The summed E-state index contributed by atoms with van der Waals surface area (Å²) in [5.74, 6) is -1.61. The van der Waals surface area contributed by atoms with Gasteiger partial charge in [-0.25, -0.2) is 9.59 Å². The number of carbonyl (C=O) groups excluding carboxylic acids is 2. The van der Waals surface area contributed by atoms with Gasteiger partial charge in [0, 0.05) is 13.0 Å². The van der Waals surface area contributed by atoms with Crippen LogP contribution in [0.5, 0.6) is 0 Å². The number of carboxylic acid groups (broad SMARTS) is 1. The average Bonchev–Trinajstić information content (AvgIpc) is 3.23. The van der Waals surface area contributed by atoms with Gasteiger partial charge in [0.2, 0.25) is 5.91 Å². The smallest absolute Gasteiger partial charge is 0.410 e. The molecule has 0 saturated carbocycles. The molecular formula is C23H26N2O5. The van der Waals surface area contributed by atoms with Crippen LogP contribution < -0.4 is 5.32 Å². The summed E-state index contributed by atoms with van der Waals surface area (Å²) >= 11 is 0. The maximum Gasteiger partial charge on any atom is 0.410 e. The Balaban J connectivity index is 1.64. The highest BCUT2D eigenvalue weighted by atomic mass is 16.6. The molecule has 1 aliphatic rings. The van der Waals surface area contributed by atoms with Crippen LogP contribution in [0.15, 0.2) is 60.7 Å². The van der Waals surface area contributed by atoms with E-state index in [1.165, 1.54) is 11.8 Å². The SMILES string of the molecule is C[C@](Cc1ccccc1)(NC(=O)[C@@H]1CCCN1C(=O)OCc1ccccc1)C(=O)O. The maximum absolute atomic E-state index is 12.9. The lowest BCUT2D eigenvalue weighted by molar-refractivity contribution is -0.147. The number of benzene rings is 2. The number of hydrogen-bond donors (Lipinski definition) is 2. The molecule has 7 heteroatoms. The molecule has 1 fully saturated rings. The van der Waals surface area contributed by atoms with Crippen molar-refractivity contribution >= 4 is 18.0 Å². The number of carboxylic acids is 1. The predicted molar refractivity (Wildman–Crippen MR) is 111 cm³/mol. The van der Waals surface area contributed by atoms with Gasteiger partial charge in [-0.2, -0.15) is 0 Å². The third-order valence-electron chi connectivity index (χ3n) is 5.27. The third kappa shape index (κ3) is 5.17. The van der Waals surface area contributed by atoms with E-state index in [9.17, 15) is 19.5 Å². The number of hydrogen-bond acceptors (Lipinski definition) is 4. The summed E-state index contributed by atoms with van der Waals surface area (Å²) in [4.78, 5) is 38.8. The van der Waals surface area contributed by atoms with Crippen LogP contribution in [0.25, 0.3) is 0 Å². The molecule has 2 N–H and O–H groups in total. The van der Waals surface area contributed by atoms with Crippen molar-refractivity contribution in [3.8, 4) is 0 Å². The van der Waals surface area contributed by atoms with Crippen molar-refractivity contribution in [3.63, 3.8) is 0 Å². The number of carbonyl (C=O) groups is 3. The van der Waals surface area contributed by atoms with Gasteiger partial charge in [0.25, 0.3) is 0 Å². The van der Waals surface area contributed by atoms with Gasteiger partial charge in [-0.3, -0.25) is 9.69 Å².